The number of thiophene rings is 1. The quantitative estimate of drug-likeness (QED) is 0.823. The van der Waals surface area contributed by atoms with E-state index in [9.17, 15) is 5.11 Å². The molecule has 1 aromatic rings. The van der Waals surface area contributed by atoms with Crippen LogP contribution in [0.4, 0.5) is 0 Å². The first-order chi connectivity index (χ1) is 7.25. The second-order valence-electron chi connectivity index (χ2n) is 4.46. The zero-order valence-electron chi connectivity index (χ0n) is 9.15. The number of rotatable bonds is 4. The van der Waals surface area contributed by atoms with Crippen molar-refractivity contribution in [2.75, 3.05) is 0 Å². The molecule has 0 radical (unpaired) electrons. The van der Waals surface area contributed by atoms with Gasteiger partial charge in [-0.3, -0.25) is 0 Å². The summed E-state index contributed by atoms with van der Waals surface area (Å²) in [6.45, 7) is 2.20. The minimum absolute atomic E-state index is 0.129. The van der Waals surface area contributed by atoms with E-state index in [0.29, 0.717) is 12.1 Å². The van der Waals surface area contributed by atoms with Crippen LogP contribution in [0.2, 0.25) is 0 Å². The molecule has 1 fully saturated rings. The van der Waals surface area contributed by atoms with Crippen LogP contribution >= 0.6 is 11.3 Å². The molecule has 15 heavy (non-hydrogen) atoms. The van der Waals surface area contributed by atoms with Gasteiger partial charge in [0, 0.05) is 17.0 Å². The lowest BCUT2D eigenvalue weighted by Gasteiger charge is -2.21. The van der Waals surface area contributed by atoms with Gasteiger partial charge >= 0.3 is 0 Å². The highest BCUT2D eigenvalue weighted by Crippen LogP contribution is 2.20. The van der Waals surface area contributed by atoms with Crippen molar-refractivity contribution in [3.63, 3.8) is 0 Å². The summed E-state index contributed by atoms with van der Waals surface area (Å²) in [6, 6.07) is 5.05. The second kappa shape index (κ2) is 5.10. The maximum absolute atomic E-state index is 9.70. The predicted molar refractivity (Wildman–Crippen MR) is 64.3 cm³/mol. The molecule has 1 heterocycles. The number of hydrogen-bond acceptors (Lipinski definition) is 3. The fraction of sp³-hybridized carbons (Fsp3) is 0.667. The van der Waals surface area contributed by atoms with E-state index in [0.717, 1.165) is 25.7 Å². The number of aliphatic hydroxyl groups is 1. The van der Waals surface area contributed by atoms with Crippen molar-refractivity contribution >= 4 is 11.3 Å². The lowest BCUT2D eigenvalue weighted by atomic mass is 10.1. The average Bonchev–Trinajstić information content (AvgIpc) is 2.79. The molecule has 1 saturated carbocycles. The Morgan fingerprint density at radius 1 is 1.60 bits per heavy atom. The van der Waals surface area contributed by atoms with E-state index in [1.54, 1.807) is 0 Å². The maximum Gasteiger partial charge on any atom is 0.0693 e. The Kier molecular flexibility index (Phi) is 3.78. The second-order valence-corrected chi connectivity index (χ2v) is 5.49. The van der Waals surface area contributed by atoms with E-state index in [2.05, 4.69) is 29.8 Å². The van der Waals surface area contributed by atoms with Crippen LogP contribution in [0, 0.1) is 0 Å². The van der Waals surface area contributed by atoms with Gasteiger partial charge in [-0.15, -0.1) is 11.3 Å². The number of nitrogens with one attached hydrogen (secondary N) is 1. The van der Waals surface area contributed by atoms with Gasteiger partial charge in [-0.2, -0.15) is 0 Å². The van der Waals surface area contributed by atoms with Crippen molar-refractivity contribution in [1.82, 2.24) is 5.32 Å². The molecule has 0 aromatic carbocycles. The van der Waals surface area contributed by atoms with Crippen LogP contribution in [0.1, 0.15) is 31.1 Å². The molecule has 3 unspecified atom stereocenters. The SMILES string of the molecule is CC(Cc1cccs1)NC1CCCC1O. The zero-order valence-corrected chi connectivity index (χ0v) is 9.96. The van der Waals surface area contributed by atoms with E-state index in [1.165, 1.54) is 4.88 Å². The number of aliphatic hydroxyl groups excluding tert-OH is 1. The third-order valence-electron chi connectivity index (χ3n) is 3.07. The predicted octanol–water partition coefficient (Wildman–Crippen LogP) is 2.18. The minimum atomic E-state index is -0.129. The van der Waals surface area contributed by atoms with Crippen molar-refractivity contribution in [1.29, 1.82) is 0 Å². The van der Waals surface area contributed by atoms with E-state index >= 15 is 0 Å². The molecule has 0 aliphatic heterocycles. The molecule has 0 amide bonds. The van der Waals surface area contributed by atoms with Gasteiger partial charge in [0.15, 0.2) is 0 Å². The summed E-state index contributed by atoms with van der Waals surface area (Å²) in [6.07, 6.45) is 4.18. The fourth-order valence-electron chi connectivity index (χ4n) is 2.29. The summed E-state index contributed by atoms with van der Waals surface area (Å²) in [5, 5.41) is 15.3. The maximum atomic E-state index is 9.70. The molecule has 0 saturated heterocycles. The van der Waals surface area contributed by atoms with E-state index in [-0.39, 0.29) is 6.10 Å². The third-order valence-corrected chi connectivity index (χ3v) is 3.96. The summed E-state index contributed by atoms with van der Waals surface area (Å²) in [5.41, 5.74) is 0. The minimum Gasteiger partial charge on any atom is -0.392 e. The van der Waals surface area contributed by atoms with E-state index in [4.69, 9.17) is 0 Å². The molecule has 1 aromatic heterocycles. The Hall–Kier alpha value is -0.380. The summed E-state index contributed by atoms with van der Waals surface area (Å²) < 4.78 is 0. The number of hydrogen-bond donors (Lipinski definition) is 2. The van der Waals surface area contributed by atoms with Crippen LogP contribution in [0.3, 0.4) is 0 Å². The van der Waals surface area contributed by atoms with Gasteiger partial charge in [-0.05, 0) is 44.1 Å². The lowest BCUT2D eigenvalue weighted by Crippen LogP contribution is -2.42. The Bertz CT molecular complexity index is 286. The average molecular weight is 225 g/mol. The smallest absolute Gasteiger partial charge is 0.0693 e. The molecule has 0 spiro atoms. The highest BCUT2D eigenvalue weighted by atomic mass is 32.1. The largest absolute Gasteiger partial charge is 0.392 e. The zero-order chi connectivity index (χ0) is 10.7. The summed E-state index contributed by atoms with van der Waals surface area (Å²) in [4.78, 5) is 1.42. The van der Waals surface area contributed by atoms with Crippen LogP contribution < -0.4 is 5.32 Å². The Morgan fingerprint density at radius 2 is 2.47 bits per heavy atom. The fourth-order valence-corrected chi connectivity index (χ4v) is 3.13. The first-order valence-corrected chi connectivity index (χ1v) is 6.60. The molecule has 0 bridgehead atoms. The molecular formula is C12H19NOS. The van der Waals surface area contributed by atoms with Crippen LogP contribution in [-0.2, 0) is 6.42 Å². The van der Waals surface area contributed by atoms with Crippen LogP contribution in [-0.4, -0.2) is 23.3 Å². The van der Waals surface area contributed by atoms with Crippen LogP contribution in [0.5, 0.6) is 0 Å². The summed E-state index contributed by atoms with van der Waals surface area (Å²) in [7, 11) is 0. The van der Waals surface area contributed by atoms with Gasteiger partial charge in [0.05, 0.1) is 6.10 Å². The van der Waals surface area contributed by atoms with Crippen LogP contribution in [0.25, 0.3) is 0 Å². The monoisotopic (exact) mass is 225 g/mol. The van der Waals surface area contributed by atoms with E-state index < -0.39 is 0 Å². The normalized spacial score (nSPS) is 28.1. The molecule has 2 N–H and O–H groups in total. The van der Waals surface area contributed by atoms with Crippen molar-refractivity contribution in [3.05, 3.63) is 22.4 Å². The molecule has 2 rings (SSSR count). The standard InChI is InChI=1S/C12H19NOS/c1-9(8-10-4-3-7-15-10)13-11-5-2-6-12(11)14/h3-4,7,9,11-14H,2,5-6,8H2,1H3. The lowest BCUT2D eigenvalue weighted by molar-refractivity contribution is 0.144. The molecule has 1 aliphatic carbocycles. The highest BCUT2D eigenvalue weighted by molar-refractivity contribution is 7.09. The van der Waals surface area contributed by atoms with Gasteiger partial charge in [0.2, 0.25) is 0 Å². The molecule has 1 aliphatic rings. The Labute approximate surface area is 95.3 Å². The Balaban J connectivity index is 1.79. The van der Waals surface area contributed by atoms with Crippen molar-refractivity contribution < 1.29 is 5.11 Å². The topological polar surface area (TPSA) is 32.3 Å². The molecule has 3 atom stereocenters. The van der Waals surface area contributed by atoms with Crippen LogP contribution in [0.15, 0.2) is 17.5 Å². The molecule has 3 heteroatoms. The molecule has 2 nitrogen and oxygen atoms in total. The summed E-state index contributed by atoms with van der Waals surface area (Å²) >= 11 is 1.81. The first kappa shape index (κ1) is 11.1. The van der Waals surface area contributed by atoms with Gasteiger partial charge in [-0.1, -0.05) is 6.07 Å². The first-order valence-electron chi connectivity index (χ1n) is 5.72. The van der Waals surface area contributed by atoms with Gasteiger partial charge in [0.1, 0.15) is 0 Å². The highest BCUT2D eigenvalue weighted by Gasteiger charge is 2.25. The third kappa shape index (κ3) is 3.03. The van der Waals surface area contributed by atoms with Crippen molar-refractivity contribution in [2.45, 2.75) is 50.8 Å². The van der Waals surface area contributed by atoms with Crippen molar-refractivity contribution in [2.24, 2.45) is 0 Å². The molecule has 84 valence electrons. The van der Waals surface area contributed by atoms with Crippen molar-refractivity contribution in [3.8, 4) is 0 Å². The Morgan fingerprint density at radius 3 is 3.07 bits per heavy atom. The van der Waals surface area contributed by atoms with Gasteiger partial charge in [-0.25, -0.2) is 0 Å². The van der Waals surface area contributed by atoms with Gasteiger partial charge in [0.25, 0.3) is 0 Å². The summed E-state index contributed by atoms with van der Waals surface area (Å²) in [5.74, 6) is 0. The van der Waals surface area contributed by atoms with Gasteiger partial charge < -0.3 is 10.4 Å². The van der Waals surface area contributed by atoms with E-state index in [1.807, 2.05) is 11.3 Å². The molecular weight excluding hydrogens is 206 g/mol.